The maximum atomic E-state index is 12.4. The van der Waals surface area contributed by atoms with Gasteiger partial charge >= 0.3 is 5.97 Å². The number of hydrogen-bond donors (Lipinski definition) is 2. The molecule has 0 aromatic carbocycles. The summed E-state index contributed by atoms with van der Waals surface area (Å²) in [6.45, 7) is 14.0. The van der Waals surface area contributed by atoms with Crippen molar-refractivity contribution < 1.29 is 14.7 Å². The molecule has 0 aromatic rings. The lowest BCUT2D eigenvalue weighted by Gasteiger charge is -2.34. The van der Waals surface area contributed by atoms with Crippen molar-refractivity contribution in [1.29, 1.82) is 0 Å². The Morgan fingerprint density at radius 3 is 2.00 bits per heavy atom. The molecule has 4 nitrogen and oxygen atoms in total. The molecule has 0 bridgehead atoms. The van der Waals surface area contributed by atoms with Crippen LogP contribution in [0, 0.1) is 16.7 Å². The molecular weight excluding hydrogens is 266 g/mol. The molecule has 4 heteroatoms. The van der Waals surface area contributed by atoms with Crippen LogP contribution in [0.25, 0.3) is 0 Å². The van der Waals surface area contributed by atoms with Crippen LogP contribution in [0.3, 0.4) is 0 Å². The number of carbonyl (C=O) groups is 2. The topological polar surface area (TPSA) is 66.4 Å². The lowest BCUT2D eigenvalue weighted by atomic mass is 9.73. The van der Waals surface area contributed by atoms with Crippen molar-refractivity contribution in [3.63, 3.8) is 0 Å². The van der Waals surface area contributed by atoms with Crippen LogP contribution in [0.5, 0.6) is 0 Å². The van der Waals surface area contributed by atoms with Crippen molar-refractivity contribution in [1.82, 2.24) is 5.32 Å². The molecule has 1 atom stereocenters. The van der Waals surface area contributed by atoms with Gasteiger partial charge in [0.1, 0.15) is 0 Å². The van der Waals surface area contributed by atoms with Crippen LogP contribution >= 0.6 is 0 Å². The van der Waals surface area contributed by atoms with Crippen LogP contribution in [0.4, 0.5) is 0 Å². The summed E-state index contributed by atoms with van der Waals surface area (Å²) in [4.78, 5) is 23.3. The van der Waals surface area contributed by atoms with E-state index in [2.05, 4.69) is 19.2 Å². The Labute approximate surface area is 129 Å². The van der Waals surface area contributed by atoms with Gasteiger partial charge in [0.05, 0.1) is 6.42 Å². The SMILES string of the molecule is CC(C)CCC(C)NC(=O)C(C)(C)CC(C)(C)CC(=O)O. The summed E-state index contributed by atoms with van der Waals surface area (Å²) in [6, 6.07) is 0.154. The van der Waals surface area contributed by atoms with Gasteiger partial charge in [-0.3, -0.25) is 9.59 Å². The van der Waals surface area contributed by atoms with Gasteiger partial charge in [-0.2, -0.15) is 0 Å². The van der Waals surface area contributed by atoms with E-state index >= 15 is 0 Å². The molecule has 0 aliphatic rings. The average molecular weight is 299 g/mol. The summed E-state index contributed by atoms with van der Waals surface area (Å²) < 4.78 is 0. The Hall–Kier alpha value is -1.06. The normalized spacial score (nSPS) is 14.1. The third-order valence-corrected chi connectivity index (χ3v) is 3.72. The van der Waals surface area contributed by atoms with Crippen molar-refractivity contribution in [2.24, 2.45) is 16.7 Å². The van der Waals surface area contributed by atoms with Gasteiger partial charge in [-0.25, -0.2) is 0 Å². The molecule has 2 N–H and O–H groups in total. The molecule has 0 heterocycles. The minimum atomic E-state index is -0.818. The highest BCUT2D eigenvalue weighted by Gasteiger charge is 2.36. The van der Waals surface area contributed by atoms with E-state index in [1.54, 1.807) is 0 Å². The summed E-state index contributed by atoms with van der Waals surface area (Å²) in [5.41, 5.74) is -0.959. The van der Waals surface area contributed by atoms with E-state index in [1.165, 1.54) is 0 Å². The van der Waals surface area contributed by atoms with Gasteiger partial charge in [-0.1, -0.05) is 41.5 Å². The van der Waals surface area contributed by atoms with Crippen LogP contribution in [-0.2, 0) is 9.59 Å². The smallest absolute Gasteiger partial charge is 0.303 e. The van der Waals surface area contributed by atoms with Gasteiger partial charge in [0.2, 0.25) is 5.91 Å². The van der Waals surface area contributed by atoms with E-state index in [4.69, 9.17) is 5.11 Å². The third-order valence-electron chi connectivity index (χ3n) is 3.72. The standard InChI is InChI=1S/C17H33NO3/c1-12(2)8-9-13(3)18-15(21)17(6,7)11-16(4,5)10-14(19)20/h12-13H,8-11H2,1-7H3,(H,18,21)(H,19,20). The summed E-state index contributed by atoms with van der Waals surface area (Å²) in [5, 5.41) is 12.0. The second-order valence-corrected chi connectivity index (χ2v) is 8.14. The Morgan fingerprint density at radius 1 is 1.05 bits per heavy atom. The molecule has 0 fully saturated rings. The van der Waals surface area contributed by atoms with E-state index in [0.29, 0.717) is 12.3 Å². The van der Waals surface area contributed by atoms with Crippen LogP contribution in [0.2, 0.25) is 0 Å². The fraction of sp³-hybridized carbons (Fsp3) is 0.882. The molecule has 0 aromatic heterocycles. The van der Waals surface area contributed by atoms with Crippen LogP contribution in [-0.4, -0.2) is 23.0 Å². The predicted molar refractivity (Wildman–Crippen MR) is 86.1 cm³/mol. The maximum Gasteiger partial charge on any atom is 0.303 e. The monoisotopic (exact) mass is 299 g/mol. The van der Waals surface area contributed by atoms with Gasteiger partial charge in [-0.15, -0.1) is 0 Å². The van der Waals surface area contributed by atoms with E-state index in [0.717, 1.165) is 12.8 Å². The average Bonchev–Trinajstić information content (AvgIpc) is 2.22. The quantitative estimate of drug-likeness (QED) is 0.679. The van der Waals surface area contributed by atoms with Gasteiger partial charge in [-0.05, 0) is 37.5 Å². The summed E-state index contributed by atoms with van der Waals surface area (Å²) in [7, 11) is 0. The Bertz CT molecular complexity index is 359. The van der Waals surface area contributed by atoms with Crippen molar-refractivity contribution in [3.8, 4) is 0 Å². The van der Waals surface area contributed by atoms with Crippen molar-refractivity contribution in [2.45, 2.75) is 80.2 Å². The fourth-order valence-electron chi connectivity index (χ4n) is 2.82. The third kappa shape index (κ3) is 8.74. The lowest BCUT2D eigenvalue weighted by molar-refractivity contribution is -0.141. The number of carboxylic acids is 1. The zero-order valence-corrected chi connectivity index (χ0v) is 14.7. The number of amides is 1. The zero-order chi connectivity index (χ0) is 16.8. The minimum absolute atomic E-state index is 0.0113. The first-order valence-corrected chi connectivity index (χ1v) is 7.88. The molecule has 0 rings (SSSR count). The number of aliphatic carboxylic acids is 1. The van der Waals surface area contributed by atoms with Crippen molar-refractivity contribution in [3.05, 3.63) is 0 Å². The largest absolute Gasteiger partial charge is 0.481 e. The van der Waals surface area contributed by atoms with E-state index in [9.17, 15) is 9.59 Å². The molecule has 1 amide bonds. The molecule has 0 saturated carbocycles. The summed E-state index contributed by atoms with van der Waals surface area (Å²) in [6.07, 6.45) is 2.69. The Morgan fingerprint density at radius 2 is 1.57 bits per heavy atom. The molecular formula is C17H33NO3. The number of carbonyl (C=O) groups excluding carboxylic acids is 1. The molecule has 21 heavy (non-hydrogen) atoms. The van der Waals surface area contributed by atoms with Crippen LogP contribution in [0.15, 0.2) is 0 Å². The maximum absolute atomic E-state index is 12.4. The van der Waals surface area contributed by atoms with E-state index in [1.807, 2.05) is 34.6 Å². The minimum Gasteiger partial charge on any atom is -0.481 e. The summed E-state index contributed by atoms with van der Waals surface area (Å²) >= 11 is 0. The summed E-state index contributed by atoms with van der Waals surface area (Å²) in [5.74, 6) is -0.175. The number of nitrogens with one attached hydrogen (secondary N) is 1. The Balaban J connectivity index is 4.54. The van der Waals surface area contributed by atoms with Gasteiger partial charge in [0, 0.05) is 11.5 Å². The highest BCUT2D eigenvalue weighted by atomic mass is 16.4. The molecule has 124 valence electrons. The van der Waals surface area contributed by atoms with Gasteiger partial charge in [0.25, 0.3) is 0 Å². The second kappa shape index (κ2) is 7.81. The highest BCUT2D eigenvalue weighted by molar-refractivity contribution is 5.82. The van der Waals surface area contributed by atoms with Crippen LogP contribution < -0.4 is 5.32 Å². The predicted octanol–water partition coefficient (Wildman–Crippen LogP) is 3.84. The van der Waals surface area contributed by atoms with Crippen molar-refractivity contribution >= 4 is 11.9 Å². The zero-order valence-electron chi connectivity index (χ0n) is 14.7. The van der Waals surface area contributed by atoms with Crippen LogP contribution in [0.1, 0.15) is 74.1 Å². The van der Waals surface area contributed by atoms with Gasteiger partial charge < -0.3 is 10.4 Å². The Kier molecular flexibility index (Phi) is 7.41. The van der Waals surface area contributed by atoms with E-state index in [-0.39, 0.29) is 18.4 Å². The first-order chi connectivity index (χ1) is 9.35. The molecule has 0 radical (unpaired) electrons. The van der Waals surface area contributed by atoms with Crippen molar-refractivity contribution in [2.75, 3.05) is 0 Å². The molecule has 0 aliphatic heterocycles. The van der Waals surface area contributed by atoms with Gasteiger partial charge in [0.15, 0.2) is 0 Å². The highest BCUT2D eigenvalue weighted by Crippen LogP contribution is 2.36. The first kappa shape index (κ1) is 19.9. The molecule has 0 aliphatic carbocycles. The first-order valence-electron chi connectivity index (χ1n) is 7.88. The lowest BCUT2D eigenvalue weighted by Crippen LogP contribution is -2.44. The number of rotatable bonds is 9. The molecule has 0 spiro atoms. The second-order valence-electron chi connectivity index (χ2n) is 8.14. The number of carboxylic acid groups (broad SMARTS) is 1. The molecule has 1 unspecified atom stereocenters. The van der Waals surface area contributed by atoms with E-state index < -0.39 is 16.8 Å². The molecule has 0 saturated heterocycles. The number of hydrogen-bond acceptors (Lipinski definition) is 2. The fourth-order valence-corrected chi connectivity index (χ4v) is 2.82.